The van der Waals surface area contributed by atoms with Gasteiger partial charge in [0.2, 0.25) is 10.0 Å². The average molecular weight is 457 g/mol. The van der Waals surface area contributed by atoms with Crippen molar-refractivity contribution in [1.29, 1.82) is 0 Å². The highest BCUT2D eigenvalue weighted by atomic mass is 32.2. The third-order valence-corrected chi connectivity index (χ3v) is 6.16. The van der Waals surface area contributed by atoms with E-state index in [2.05, 4.69) is 5.32 Å². The van der Waals surface area contributed by atoms with E-state index in [9.17, 15) is 17.6 Å². The second-order valence-corrected chi connectivity index (χ2v) is 9.29. The largest absolute Gasteiger partial charge is 0.496 e. The predicted molar refractivity (Wildman–Crippen MR) is 123 cm³/mol. The van der Waals surface area contributed by atoms with Crippen LogP contribution in [0, 0.1) is 5.82 Å². The Kier molecular flexibility index (Phi) is 7.15. The average Bonchev–Trinajstić information content (AvgIpc) is 2.77. The zero-order valence-electron chi connectivity index (χ0n) is 18.1. The van der Waals surface area contributed by atoms with E-state index in [0.29, 0.717) is 22.6 Å². The van der Waals surface area contributed by atoms with Crippen molar-refractivity contribution in [2.24, 2.45) is 0 Å². The highest BCUT2D eigenvalue weighted by Gasteiger charge is 2.21. The zero-order valence-corrected chi connectivity index (χ0v) is 18.9. The number of hydrogen-bond donors (Lipinski definition) is 1. The van der Waals surface area contributed by atoms with Gasteiger partial charge in [-0.2, -0.15) is 0 Å². The highest BCUT2D eigenvalue weighted by Crippen LogP contribution is 2.27. The van der Waals surface area contributed by atoms with E-state index in [1.54, 1.807) is 18.2 Å². The van der Waals surface area contributed by atoms with Crippen molar-refractivity contribution in [2.75, 3.05) is 17.7 Å². The summed E-state index contributed by atoms with van der Waals surface area (Å²) in [6, 6.07) is 19.4. The summed E-state index contributed by atoms with van der Waals surface area (Å²) in [5, 5.41) is 2.95. The van der Waals surface area contributed by atoms with Crippen LogP contribution in [0.1, 0.15) is 34.5 Å². The summed E-state index contributed by atoms with van der Waals surface area (Å²) in [6.45, 7) is 1.81. The molecule has 0 unspecified atom stereocenters. The quantitative estimate of drug-likeness (QED) is 0.549. The molecule has 0 aliphatic rings. The maximum absolute atomic E-state index is 13.3. The summed E-state index contributed by atoms with van der Waals surface area (Å²) >= 11 is 0. The number of nitrogens with one attached hydrogen (secondary N) is 1. The first-order valence-electron chi connectivity index (χ1n) is 9.95. The molecule has 0 radical (unpaired) electrons. The summed E-state index contributed by atoms with van der Waals surface area (Å²) in [5.74, 6) is -0.322. The van der Waals surface area contributed by atoms with Crippen molar-refractivity contribution in [3.8, 4) is 5.75 Å². The number of rotatable bonds is 8. The number of benzene rings is 3. The lowest BCUT2D eigenvalue weighted by Gasteiger charge is -2.24. The summed E-state index contributed by atoms with van der Waals surface area (Å²) in [4.78, 5) is 12.8. The molecule has 0 aliphatic carbocycles. The van der Waals surface area contributed by atoms with Crippen LogP contribution < -0.4 is 14.4 Å². The van der Waals surface area contributed by atoms with Gasteiger partial charge in [-0.05, 0) is 55.0 Å². The molecule has 0 saturated heterocycles. The van der Waals surface area contributed by atoms with Gasteiger partial charge in [0, 0.05) is 11.1 Å². The van der Waals surface area contributed by atoms with Crippen molar-refractivity contribution >= 4 is 21.6 Å². The molecule has 0 spiro atoms. The Balaban J connectivity index is 1.89. The summed E-state index contributed by atoms with van der Waals surface area (Å²) < 4.78 is 44.8. The van der Waals surface area contributed by atoms with Crippen LogP contribution in [-0.4, -0.2) is 27.7 Å². The van der Waals surface area contributed by atoms with E-state index in [4.69, 9.17) is 4.74 Å². The lowest BCUT2D eigenvalue weighted by molar-refractivity contribution is 0.0939. The molecule has 32 heavy (non-hydrogen) atoms. The minimum absolute atomic E-state index is 0.0804. The standard InChI is InChI=1S/C24H25FN2O4S/c1-17(18-7-5-4-6-8-18)26-24(28)19-9-14-23(31-2)20(15-19)16-27(32(3,29)30)22-12-10-21(25)11-13-22/h4-15,17H,16H2,1-3H3,(H,26,28)/t17-/m0/s1. The van der Waals surface area contributed by atoms with Crippen molar-refractivity contribution in [3.05, 3.63) is 95.3 Å². The molecule has 3 aromatic carbocycles. The SMILES string of the molecule is COc1ccc(C(=O)N[C@@H](C)c2ccccc2)cc1CN(c1ccc(F)cc1)S(C)(=O)=O. The zero-order chi connectivity index (χ0) is 23.3. The molecule has 1 amide bonds. The molecule has 0 aromatic heterocycles. The molecule has 3 rings (SSSR count). The van der Waals surface area contributed by atoms with E-state index in [0.717, 1.165) is 16.1 Å². The Morgan fingerprint density at radius 3 is 2.31 bits per heavy atom. The number of anilines is 1. The predicted octanol–water partition coefficient (Wildman–Crippen LogP) is 4.29. The van der Waals surface area contributed by atoms with Gasteiger partial charge in [0.15, 0.2) is 0 Å². The van der Waals surface area contributed by atoms with E-state index in [-0.39, 0.29) is 18.5 Å². The molecule has 0 fully saturated rings. The molecule has 8 heteroatoms. The summed E-state index contributed by atoms with van der Waals surface area (Å²) in [5.41, 5.74) is 2.15. The van der Waals surface area contributed by atoms with Crippen LogP contribution in [0.25, 0.3) is 0 Å². The smallest absolute Gasteiger partial charge is 0.251 e. The second kappa shape index (κ2) is 9.82. The van der Waals surface area contributed by atoms with Crippen LogP contribution in [-0.2, 0) is 16.6 Å². The van der Waals surface area contributed by atoms with Crippen LogP contribution in [0.2, 0.25) is 0 Å². The number of sulfonamides is 1. The van der Waals surface area contributed by atoms with Crippen molar-refractivity contribution in [2.45, 2.75) is 19.5 Å². The molecular formula is C24H25FN2O4S. The Labute approximate surface area is 187 Å². The summed E-state index contributed by atoms with van der Waals surface area (Å²) in [7, 11) is -2.22. The molecular weight excluding hydrogens is 431 g/mol. The fraction of sp³-hybridized carbons (Fsp3) is 0.208. The van der Waals surface area contributed by atoms with Crippen LogP contribution in [0.5, 0.6) is 5.75 Å². The van der Waals surface area contributed by atoms with E-state index >= 15 is 0 Å². The molecule has 0 saturated carbocycles. The second-order valence-electron chi connectivity index (χ2n) is 7.38. The van der Waals surface area contributed by atoms with E-state index < -0.39 is 15.8 Å². The molecule has 168 valence electrons. The molecule has 0 aliphatic heterocycles. The first-order valence-corrected chi connectivity index (χ1v) is 11.8. The maximum Gasteiger partial charge on any atom is 0.251 e. The van der Waals surface area contributed by atoms with Gasteiger partial charge in [0.05, 0.1) is 31.6 Å². The van der Waals surface area contributed by atoms with Crippen molar-refractivity contribution in [1.82, 2.24) is 5.32 Å². The number of halogens is 1. The highest BCUT2D eigenvalue weighted by molar-refractivity contribution is 7.92. The van der Waals surface area contributed by atoms with Crippen molar-refractivity contribution < 1.29 is 22.3 Å². The van der Waals surface area contributed by atoms with Gasteiger partial charge in [-0.25, -0.2) is 12.8 Å². The van der Waals surface area contributed by atoms with E-state index in [1.165, 1.54) is 31.4 Å². The number of hydrogen-bond acceptors (Lipinski definition) is 4. The van der Waals surface area contributed by atoms with Crippen LogP contribution >= 0.6 is 0 Å². The van der Waals surface area contributed by atoms with Crippen LogP contribution in [0.3, 0.4) is 0 Å². The minimum atomic E-state index is -3.69. The van der Waals surface area contributed by atoms with Gasteiger partial charge < -0.3 is 10.1 Å². The monoisotopic (exact) mass is 456 g/mol. The third-order valence-electron chi connectivity index (χ3n) is 5.02. The van der Waals surface area contributed by atoms with Crippen molar-refractivity contribution in [3.63, 3.8) is 0 Å². The fourth-order valence-electron chi connectivity index (χ4n) is 3.31. The normalized spacial score (nSPS) is 12.1. The lowest BCUT2D eigenvalue weighted by atomic mass is 10.1. The summed E-state index contributed by atoms with van der Waals surface area (Å²) in [6.07, 6.45) is 1.07. The van der Waals surface area contributed by atoms with Gasteiger partial charge in [-0.3, -0.25) is 9.10 Å². The molecule has 6 nitrogen and oxygen atoms in total. The fourth-order valence-corrected chi connectivity index (χ4v) is 4.19. The maximum atomic E-state index is 13.3. The number of nitrogens with zero attached hydrogens (tertiary/aromatic N) is 1. The first-order chi connectivity index (χ1) is 15.2. The van der Waals surface area contributed by atoms with Gasteiger partial charge in [-0.15, -0.1) is 0 Å². The Hall–Kier alpha value is -3.39. The topological polar surface area (TPSA) is 75.7 Å². The van der Waals surface area contributed by atoms with Gasteiger partial charge >= 0.3 is 0 Å². The van der Waals surface area contributed by atoms with Gasteiger partial charge in [-0.1, -0.05) is 30.3 Å². The molecule has 0 bridgehead atoms. The number of carbonyl (C=O) groups is 1. The first kappa shape index (κ1) is 23.3. The van der Waals surface area contributed by atoms with Crippen LogP contribution in [0.15, 0.2) is 72.8 Å². The Morgan fingerprint density at radius 1 is 1.06 bits per heavy atom. The number of methoxy groups -OCH3 is 1. The molecule has 1 N–H and O–H groups in total. The Bertz CT molecular complexity index is 1180. The number of carbonyl (C=O) groups excluding carboxylic acids is 1. The number of ether oxygens (including phenoxy) is 1. The molecule has 0 heterocycles. The molecule has 1 atom stereocenters. The third kappa shape index (κ3) is 5.64. The van der Waals surface area contributed by atoms with Gasteiger partial charge in [0.25, 0.3) is 5.91 Å². The molecule has 3 aromatic rings. The lowest BCUT2D eigenvalue weighted by Crippen LogP contribution is -2.30. The minimum Gasteiger partial charge on any atom is -0.496 e. The van der Waals surface area contributed by atoms with E-state index in [1.807, 2.05) is 37.3 Å². The Morgan fingerprint density at radius 2 is 1.72 bits per heavy atom. The van der Waals surface area contributed by atoms with Gasteiger partial charge in [0.1, 0.15) is 11.6 Å². The van der Waals surface area contributed by atoms with Crippen LogP contribution in [0.4, 0.5) is 10.1 Å². The number of amides is 1.